The van der Waals surface area contributed by atoms with Gasteiger partial charge in [0.25, 0.3) is 0 Å². The number of nitrogens with one attached hydrogen (secondary N) is 1. The van der Waals surface area contributed by atoms with E-state index in [1.165, 1.54) is 5.56 Å². The number of benzene rings is 2. The monoisotopic (exact) mass is 336 g/mol. The fourth-order valence-electron chi connectivity index (χ4n) is 2.19. The first-order chi connectivity index (χ1) is 12.2. The Balaban J connectivity index is 1.52. The summed E-state index contributed by atoms with van der Waals surface area (Å²) in [6, 6.07) is 15.9. The quantitative estimate of drug-likeness (QED) is 0.528. The Bertz CT molecular complexity index is 810. The van der Waals surface area contributed by atoms with Gasteiger partial charge in [0.15, 0.2) is 0 Å². The van der Waals surface area contributed by atoms with Crippen molar-refractivity contribution in [3.05, 3.63) is 77.1 Å². The predicted molar refractivity (Wildman–Crippen MR) is 95.3 cm³/mol. The van der Waals surface area contributed by atoms with E-state index in [4.69, 9.17) is 9.57 Å². The molecule has 0 aliphatic rings. The van der Waals surface area contributed by atoms with Gasteiger partial charge in [-0.05, 0) is 49.2 Å². The van der Waals surface area contributed by atoms with Gasteiger partial charge < -0.3 is 9.57 Å². The highest BCUT2D eigenvalue weighted by Crippen LogP contribution is 2.14. The standard InChI is InChI=1S/C19H20N4O2/c1-14-3-5-16(6-4-14)12-25-22-15(2)17-7-9-19(10-8-17)24-13-18-11-20-23-21-18/h3-11H,12-13H2,1-2H3,(H,20,21,23)/b22-15+. The SMILES string of the molecule is C/C(=N\OCc1ccc(C)cc1)c1ccc(OCc2cn[nH]n2)cc1. The van der Waals surface area contributed by atoms with E-state index in [0.717, 1.165) is 28.3 Å². The number of aromatic amines is 1. The molecule has 2 aromatic carbocycles. The fraction of sp³-hybridized carbons (Fsp3) is 0.211. The molecule has 25 heavy (non-hydrogen) atoms. The molecule has 6 heteroatoms. The second-order valence-electron chi connectivity index (χ2n) is 5.71. The zero-order valence-corrected chi connectivity index (χ0v) is 14.3. The van der Waals surface area contributed by atoms with Crippen LogP contribution in [0, 0.1) is 6.92 Å². The van der Waals surface area contributed by atoms with E-state index in [1.807, 2.05) is 43.3 Å². The summed E-state index contributed by atoms with van der Waals surface area (Å²) in [6.45, 7) is 4.81. The molecule has 0 saturated heterocycles. The number of rotatable bonds is 7. The molecule has 6 nitrogen and oxygen atoms in total. The lowest BCUT2D eigenvalue weighted by Gasteiger charge is -2.06. The van der Waals surface area contributed by atoms with E-state index in [1.54, 1.807) is 6.20 Å². The minimum atomic E-state index is 0.378. The first-order valence-electron chi connectivity index (χ1n) is 8.01. The van der Waals surface area contributed by atoms with Crippen LogP contribution in [-0.4, -0.2) is 21.1 Å². The first kappa shape index (κ1) is 16.7. The third-order valence-corrected chi connectivity index (χ3v) is 3.68. The van der Waals surface area contributed by atoms with Crippen LogP contribution in [0.5, 0.6) is 5.75 Å². The van der Waals surface area contributed by atoms with Crippen molar-refractivity contribution in [1.82, 2.24) is 15.4 Å². The van der Waals surface area contributed by atoms with Gasteiger partial charge in [0.1, 0.15) is 24.7 Å². The molecule has 1 N–H and O–H groups in total. The Morgan fingerprint density at radius 2 is 1.80 bits per heavy atom. The van der Waals surface area contributed by atoms with E-state index < -0.39 is 0 Å². The second-order valence-corrected chi connectivity index (χ2v) is 5.71. The summed E-state index contributed by atoms with van der Waals surface area (Å²) in [5.41, 5.74) is 4.88. The Hall–Kier alpha value is -3.15. The maximum atomic E-state index is 5.64. The normalized spacial score (nSPS) is 11.4. The molecule has 3 rings (SSSR count). The van der Waals surface area contributed by atoms with Gasteiger partial charge in [0, 0.05) is 0 Å². The fourth-order valence-corrected chi connectivity index (χ4v) is 2.19. The van der Waals surface area contributed by atoms with Crippen molar-refractivity contribution in [2.45, 2.75) is 27.1 Å². The molecule has 1 heterocycles. The van der Waals surface area contributed by atoms with E-state index in [9.17, 15) is 0 Å². The Labute approximate surface area is 146 Å². The van der Waals surface area contributed by atoms with E-state index >= 15 is 0 Å². The maximum Gasteiger partial charge on any atom is 0.142 e. The van der Waals surface area contributed by atoms with Crippen molar-refractivity contribution >= 4 is 5.71 Å². The molecule has 3 aromatic rings. The lowest BCUT2D eigenvalue weighted by molar-refractivity contribution is 0.130. The van der Waals surface area contributed by atoms with Gasteiger partial charge in [0.05, 0.1) is 11.9 Å². The Kier molecular flexibility index (Phi) is 5.41. The predicted octanol–water partition coefficient (Wildman–Crippen LogP) is 3.63. The highest BCUT2D eigenvalue weighted by atomic mass is 16.6. The van der Waals surface area contributed by atoms with Crippen molar-refractivity contribution in [3.8, 4) is 5.75 Å². The molecule has 0 aliphatic carbocycles. The molecule has 0 atom stereocenters. The molecular formula is C19H20N4O2. The summed E-state index contributed by atoms with van der Waals surface area (Å²) in [7, 11) is 0. The molecule has 0 unspecified atom stereocenters. The Morgan fingerprint density at radius 3 is 2.48 bits per heavy atom. The molecule has 128 valence electrons. The summed E-state index contributed by atoms with van der Waals surface area (Å²) in [4.78, 5) is 5.44. The summed E-state index contributed by atoms with van der Waals surface area (Å²) in [5, 5.41) is 14.4. The van der Waals surface area contributed by atoms with Crippen LogP contribution < -0.4 is 4.74 Å². The van der Waals surface area contributed by atoms with Gasteiger partial charge in [0.2, 0.25) is 0 Å². The molecule has 0 amide bonds. The van der Waals surface area contributed by atoms with E-state index in [-0.39, 0.29) is 0 Å². The average molecular weight is 336 g/mol. The Morgan fingerprint density at radius 1 is 1.04 bits per heavy atom. The summed E-state index contributed by atoms with van der Waals surface area (Å²) in [6.07, 6.45) is 1.64. The van der Waals surface area contributed by atoms with Gasteiger partial charge in [-0.2, -0.15) is 15.4 Å². The molecule has 0 saturated carbocycles. The van der Waals surface area contributed by atoms with Gasteiger partial charge >= 0.3 is 0 Å². The van der Waals surface area contributed by atoms with Gasteiger partial charge in [-0.1, -0.05) is 35.0 Å². The number of oxime groups is 1. The molecule has 0 spiro atoms. The van der Waals surface area contributed by atoms with Crippen LogP contribution in [0.2, 0.25) is 0 Å². The average Bonchev–Trinajstić information content (AvgIpc) is 3.15. The van der Waals surface area contributed by atoms with E-state index in [0.29, 0.717) is 13.2 Å². The second kappa shape index (κ2) is 8.10. The van der Waals surface area contributed by atoms with Crippen LogP contribution in [-0.2, 0) is 18.1 Å². The van der Waals surface area contributed by atoms with Crippen molar-refractivity contribution in [1.29, 1.82) is 0 Å². The van der Waals surface area contributed by atoms with Crippen LogP contribution in [0.25, 0.3) is 0 Å². The van der Waals surface area contributed by atoms with Gasteiger partial charge in [-0.15, -0.1) is 0 Å². The number of hydrogen-bond donors (Lipinski definition) is 1. The van der Waals surface area contributed by atoms with Crippen LogP contribution in [0.3, 0.4) is 0 Å². The molecule has 1 aromatic heterocycles. The molecule has 0 bridgehead atoms. The summed E-state index contributed by atoms with van der Waals surface area (Å²) < 4.78 is 5.64. The van der Waals surface area contributed by atoms with Crippen molar-refractivity contribution in [3.63, 3.8) is 0 Å². The topological polar surface area (TPSA) is 72.4 Å². The van der Waals surface area contributed by atoms with Crippen LogP contribution in [0.1, 0.15) is 29.3 Å². The highest BCUT2D eigenvalue weighted by Gasteiger charge is 2.02. The number of aryl methyl sites for hydroxylation is 1. The summed E-state index contributed by atoms with van der Waals surface area (Å²) in [5.74, 6) is 0.764. The van der Waals surface area contributed by atoms with Crippen molar-refractivity contribution in [2.24, 2.45) is 5.16 Å². The van der Waals surface area contributed by atoms with Crippen LogP contribution in [0.4, 0.5) is 0 Å². The number of aromatic nitrogens is 3. The minimum absolute atomic E-state index is 0.378. The molecule has 0 radical (unpaired) electrons. The molecule has 0 fully saturated rings. The van der Waals surface area contributed by atoms with Gasteiger partial charge in [-0.25, -0.2) is 0 Å². The van der Waals surface area contributed by atoms with Crippen LogP contribution >= 0.6 is 0 Å². The number of H-pyrrole nitrogens is 1. The zero-order chi connectivity index (χ0) is 17.5. The minimum Gasteiger partial charge on any atom is -0.487 e. The third kappa shape index (κ3) is 4.91. The van der Waals surface area contributed by atoms with Crippen molar-refractivity contribution in [2.75, 3.05) is 0 Å². The van der Waals surface area contributed by atoms with Crippen molar-refractivity contribution < 1.29 is 9.57 Å². The van der Waals surface area contributed by atoms with Gasteiger partial charge in [-0.3, -0.25) is 0 Å². The largest absolute Gasteiger partial charge is 0.487 e. The van der Waals surface area contributed by atoms with Crippen LogP contribution in [0.15, 0.2) is 59.9 Å². The number of nitrogens with zero attached hydrogens (tertiary/aromatic N) is 3. The number of ether oxygens (including phenoxy) is 1. The number of hydrogen-bond acceptors (Lipinski definition) is 5. The molecular weight excluding hydrogens is 316 g/mol. The van der Waals surface area contributed by atoms with E-state index in [2.05, 4.69) is 39.6 Å². The maximum absolute atomic E-state index is 5.64. The highest BCUT2D eigenvalue weighted by molar-refractivity contribution is 5.98. The molecule has 0 aliphatic heterocycles. The smallest absolute Gasteiger partial charge is 0.142 e. The first-order valence-corrected chi connectivity index (χ1v) is 8.01. The zero-order valence-electron chi connectivity index (χ0n) is 14.3. The summed E-state index contributed by atoms with van der Waals surface area (Å²) >= 11 is 0. The lowest BCUT2D eigenvalue weighted by atomic mass is 10.1. The lowest BCUT2D eigenvalue weighted by Crippen LogP contribution is -1.99. The third-order valence-electron chi connectivity index (χ3n) is 3.68.